The number of fused-ring (bicyclic) bond motifs is 1. The summed E-state index contributed by atoms with van der Waals surface area (Å²) in [7, 11) is 4.84. The molecule has 2 heterocycles. The van der Waals surface area contributed by atoms with Gasteiger partial charge in [-0.3, -0.25) is 0 Å². The van der Waals surface area contributed by atoms with Gasteiger partial charge in [0.25, 0.3) is 0 Å². The van der Waals surface area contributed by atoms with Crippen molar-refractivity contribution >= 4 is 17.6 Å². The normalized spacial score (nSPS) is 12.4. The topological polar surface area (TPSA) is 142 Å². The van der Waals surface area contributed by atoms with Gasteiger partial charge < -0.3 is 43.3 Å². The molecule has 4 aromatic carbocycles. The van der Waals surface area contributed by atoms with Crippen LogP contribution in [0.5, 0.6) is 23.3 Å². The van der Waals surface area contributed by atoms with Crippen LogP contribution in [0.1, 0.15) is 81.0 Å². The van der Waals surface area contributed by atoms with Crippen molar-refractivity contribution in [2.45, 2.75) is 84.5 Å². The number of ether oxygens (including phenoxy) is 6. The third kappa shape index (κ3) is 13.0. The molecule has 1 amide bonds. The van der Waals surface area contributed by atoms with Crippen molar-refractivity contribution in [3.05, 3.63) is 137 Å². The fraction of sp³-hybridized carbons (Fsp3) is 0.388. The maximum absolute atomic E-state index is 15.6. The lowest BCUT2D eigenvalue weighted by Crippen LogP contribution is -2.36. The molecular formula is C49H59FN6O8. The Balaban J connectivity index is 1.32. The van der Waals surface area contributed by atoms with Crippen LogP contribution in [0.15, 0.2) is 103 Å². The predicted molar refractivity (Wildman–Crippen MR) is 242 cm³/mol. The number of rotatable bonds is 22. The Hall–Kier alpha value is -6.45. The number of imidazole rings is 1. The van der Waals surface area contributed by atoms with E-state index in [2.05, 4.69) is 11.8 Å². The molecule has 0 aliphatic rings. The van der Waals surface area contributed by atoms with E-state index in [4.69, 9.17) is 43.5 Å². The average Bonchev–Trinajstić information content (AvgIpc) is 3.72. The predicted octanol–water partition coefficient (Wildman–Crippen LogP) is 8.97. The number of anilines is 1. The molecule has 0 saturated carbocycles. The maximum Gasteiger partial charge on any atom is 0.410 e. The van der Waals surface area contributed by atoms with E-state index < -0.39 is 23.6 Å². The van der Waals surface area contributed by atoms with Crippen LogP contribution < -0.4 is 23.8 Å². The third-order valence-corrected chi connectivity index (χ3v) is 10.2. The van der Waals surface area contributed by atoms with Gasteiger partial charge in [-0.25, -0.2) is 18.7 Å². The Bertz CT molecular complexity index is 2340. The summed E-state index contributed by atoms with van der Waals surface area (Å²) >= 11 is 0. The number of likely N-dealkylation sites (N-methyl/N-ethyl adjacent to an activating group) is 1. The van der Waals surface area contributed by atoms with Gasteiger partial charge in [0.15, 0.2) is 23.0 Å². The molecule has 64 heavy (non-hydrogen) atoms. The quantitative estimate of drug-likeness (QED) is 0.0651. The second-order valence-electron chi connectivity index (χ2n) is 16.4. The van der Waals surface area contributed by atoms with Crippen LogP contribution in [0.4, 0.5) is 15.0 Å². The minimum atomic E-state index is -1.36. The Labute approximate surface area is 374 Å². The Kier molecular flexibility index (Phi) is 16.4. The van der Waals surface area contributed by atoms with E-state index in [0.29, 0.717) is 44.2 Å². The van der Waals surface area contributed by atoms with E-state index in [-0.39, 0.29) is 42.3 Å². The lowest BCUT2D eigenvalue weighted by atomic mass is 10.1. The number of aromatic nitrogens is 4. The van der Waals surface area contributed by atoms with Crippen LogP contribution in [-0.4, -0.2) is 88.4 Å². The first-order valence-corrected chi connectivity index (χ1v) is 21.4. The zero-order valence-electron chi connectivity index (χ0n) is 37.7. The van der Waals surface area contributed by atoms with Gasteiger partial charge in [-0.15, -0.1) is 5.10 Å². The van der Waals surface area contributed by atoms with Crippen molar-refractivity contribution in [2.75, 3.05) is 45.9 Å². The van der Waals surface area contributed by atoms with Crippen LogP contribution in [0, 0.1) is 5.82 Å². The summed E-state index contributed by atoms with van der Waals surface area (Å²) < 4.78 is 51.7. The van der Waals surface area contributed by atoms with E-state index in [1.807, 2.05) is 78.9 Å². The third-order valence-electron chi connectivity index (χ3n) is 10.2. The van der Waals surface area contributed by atoms with Gasteiger partial charge in [-0.05, 0) is 85.8 Å². The van der Waals surface area contributed by atoms with E-state index in [1.165, 1.54) is 27.7 Å². The van der Waals surface area contributed by atoms with Gasteiger partial charge in [0.1, 0.15) is 35.9 Å². The Morgan fingerprint density at radius 3 is 2.11 bits per heavy atom. The number of halogens is 1. The second-order valence-corrected chi connectivity index (χ2v) is 16.4. The summed E-state index contributed by atoms with van der Waals surface area (Å²) in [5, 5.41) is 16.7. The Morgan fingerprint density at radius 2 is 1.52 bits per heavy atom. The van der Waals surface area contributed by atoms with Crippen molar-refractivity contribution in [3.63, 3.8) is 0 Å². The number of carbonyl (C=O) groups is 1. The lowest BCUT2D eigenvalue weighted by Gasteiger charge is -2.26. The Morgan fingerprint density at radius 1 is 0.859 bits per heavy atom. The zero-order chi connectivity index (χ0) is 45.6. The SMILES string of the molecule is CCCC(CCOCc1ccccc1)Oc1nc(N(Cc2ccc(OC)cc2)Cc2ccc(OC)cc2)c2ncc(C(O)c3ccc(OCCN(C)C(=O)OC(C)(C)C)c(F)c3)n2n1. The van der Waals surface area contributed by atoms with Crippen molar-refractivity contribution in [1.82, 2.24) is 24.5 Å². The van der Waals surface area contributed by atoms with Gasteiger partial charge in [-0.1, -0.05) is 74.0 Å². The molecule has 0 bridgehead atoms. The number of aliphatic hydroxyl groups is 1. The fourth-order valence-corrected chi connectivity index (χ4v) is 6.83. The molecule has 0 spiro atoms. The first kappa shape index (κ1) is 47.0. The summed E-state index contributed by atoms with van der Waals surface area (Å²) in [4.78, 5) is 25.6. The molecule has 1 N–H and O–H groups in total. The number of hydrogen-bond donors (Lipinski definition) is 1. The van der Waals surface area contributed by atoms with Gasteiger partial charge in [0.2, 0.25) is 0 Å². The standard InChI is InChI=1S/C49H59FN6O8/c1-8-12-40(25-27-61-33-36-13-10-9-11-14-36)63-47-52-46(55(31-34-15-20-38(59-6)21-16-34)32-35-17-22-39(60-7)23-18-35)45-51-30-42(56(45)53-47)44(57)37-19-24-43(41(50)29-37)62-28-26-54(5)48(58)64-49(2,3)4/h9-11,13-24,29-30,40,44,57H,8,12,25-28,31-33H2,1-7H3. The molecule has 0 aliphatic heterocycles. The molecular weight excluding hydrogens is 820 g/mol. The molecule has 6 aromatic rings. The molecule has 0 fully saturated rings. The van der Waals surface area contributed by atoms with Crippen molar-refractivity contribution in [1.29, 1.82) is 0 Å². The molecule has 0 saturated heterocycles. The van der Waals surface area contributed by atoms with E-state index in [0.717, 1.165) is 41.0 Å². The molecule has 6 rings (SSSR count). The lowest BCUT2D eigenvalue weighted by molar-refractivity contribution is 0.0277. The summed E-state index contributed by atoms with van der Waals surface area (Å²) in [6.45, 7) is 9.38. The number of methoxy groups -OCH3 is 2. The molecule has 15 heteroatoms. The van der Waals surface area contributed by atoms with Gasteiger partial charge >= 0.3 is 12.1 Å². The van der Waals surface area contributed by atoms with Crippen LogP contribution in [-0.2, 0) is 29.2 Å². The van der Waals surface area contributed by atoms with Gasteiger partial charge in [0, 0.05) is 26.6 Å². The molecule has 0 aliphatic carbocycles. The number of carbonyl (C=O) groups excluding carboxylic acids is 1. The number of aliphatic hydroxyl groups excluding tert-OH is 1. The van der Waals surface area contributed by atoms with E-state index >= 15 is 4.39 Å². The van der Waals surface area contributed by atoms with Gasteiger partial charge in [-0.2, -0.15) is 4.98 Å². The van der Waals surface area contributed by atoms with Crippen LogP contribution in [0.3, 0.4) is 0 Å². The highest BCUT2D eigenvalue weighted by molar-refractivity contribution is 5.67. The molecule has 2 unspecified atom stereocenters. The average molecular weight is 879 g/mol. The molecule has 340 valence electrons. The minimum Gasteiger partial charge on any atom is -0.497 e. The zero-order valence-corrected chi connectivity index (χ0v) is 37.7. The molecule has 2 atom stereocenters. The van der Waals surface area contributed by atoms with Gasteiger partial charge in [0.05, 0.1) is 45.9 Å². The molecule has 2 aromatic heterocycles. The number of hydrogen-bond acceptors (Lipinski definition) is 12. The summed E-state index contributed by atoms with van der Waals surface area (Å²) in [6, 6.07) is 29.9. The smallest absolute Gasteiger partial charge is 0.410 e. The maximum atomic E-state index is 15.6. The summed E-state index contributed by atoms with van der Waals surface area (Å²) in [5.41, 5.74) is 3.26. The highest BCUT2D eigenvalue weighted by atomic mass is 19.1. The summed E-state index contributed by atoms with van der Waals surface area (Å²) in [6.07, 6.45) is 1.51. The number of benzene rings is 4. The second kappa shape index (κ2) is 22.3. The molecule has 14 nitrogen and oxygen atoms in total. The number of nitrogens with zero attached hydrogens (tertiary/aromatic N) is 6. The first-order valence-electron chi connectivity index (χ1n) is 21.4. The number of amides is 1. The fourth-order valence-electron chi connectivity index (χ4n) is 6.83. The van der Waals surface area contributed by atoms with E-state index in [9.17, 15) is 9.90 Å². The van der Waals surface area contributed by atoms with Crippen molar-refractivity contribution in [3.8, 4) is 23.3 Å². The van der Waals surface area contributed by atoms with E-state index in [1.54, 1.807) is 48.1 Å². The monoisotopic (exact) mass is 878 g/mol. The highest BCUT2D eigenvalue weighted by Gasteiger charge is 2.26. The molecule has 0 radical (unpaired) electrons. The van der Waals surface area contributed by atoms with Crippen LogP contribution >= 0.6 is 0 Å². The summed E-state index contributed by atoms with van der Waals surface area (Å²) in [5.74, 6) is 1.20. The first-order chi connectivity index (χ1) is 30.8. The van der Waals surface area contributed by atoms with Crippen LogP contribution in [0.2, 0.25) is 0 Å². The highest BCUT2D eigenvalue weighted by Crippen LogP contribution is 2.32. The minimum absolute atomic E-state index is 0.0199. The van der Waals surface area contributed by atoms with Crippen molar-refractivity contribution in [2.24, 2.45) is 0 Å². The van der Waals surface area contributed by atoms with Crippen LogP contribution in [0.25, 0.3) is 5.65 Å². The van der Waals surface area contributed by atoms with Crippen molar-refractivity contribution < 1.29 is 42.7 Å². The largest absolute Gasteiger partial charge is 0.497 e.